The molecule has 8 heterocycles. The van der Waals surface area contributed by atoms with Crippen molar-refractivity contribution in [2.45, 2.75) is 231 Å². The summed E-state index contributed by atoms with van der Waals surface area (Å²) in [4.78, 5) is 101. The molecule has 2 amide bonds. The molecule has 0 unspecified atom stereocenters. The molecule has 4 aromatic heterocycles. The molecular weight excluding hydrogens is 1660 g/mol. The SMILES string of the molecule is CO[C@H]1C[C@@H]2CC[C@@H](C)[C@@](O)(O2)C(=O)C(=O)N2CCCC[C@H]2C(=O)O[C@H]([C@H](N)C[C@@H]2CC[C@@H](OCCCCc3cn(CCOCCOCCOCCOCCOCCOCCOCCOCCC(=O)N4CCC(Cn5nc(-c6ccc7oc(N)nc7c6)c6c(N)ncnc65)CC4)nn3)[C@H](OC)C2)CC(=O)[C@H](C)/C=C(\C)[C@@H](O)[C@@H](O)C(=O)[C@H](C)C[C@H](C)/C=C/C=CC=C1C. The van der Waals surface area contributed by atoms with Crippen molar-refractivity contribution in [3.63, 3.8) is 0 Å². The summed E-state index contributed by atoms with van der Waals surface area (Å²) in [7, 11) is 3.20. The highest BCUT2D eigenvalue weighted by Gasteiger charge is 2.53. The molecule has 4 fully saturated rings. The fourth-order valence-corrected chi connectivity index (χ4v) is 17.2. The quantitative estimate of drug-likeness (QED) is 0.00958. The number of nitrogen functional groups attached to an aromatic ring is 2. The smallest absolute Gasteiger partial charge is 0.329 e. The van der Waals surface area contributed by atoms with Crippen LogP contribution in [0.25, 0.3) is 33.4 Å². The summed E-state index contributed by atoms with van der Waals surface area (Å²) in [5, 5.41) is 48.9. The summed E-state index contributed by atoms with van der Waals surface area (Å²) in [6.07, 6.45) is 16.9. The standard InChI is InChI=1S/C92H139N13O23/c1-60-16-10-9-11-17-61(2)77(115-7)55-70-23-20-65(6)92(114,128-70)86(111)89(112)104-29-14-12-19-73(104)90(113)126-78(56-74(106)62(3)51-64(5)84(109)85(110)83(108)63(4)50-60)71(93)52-67-21-24-76(79(53-67)116-8)125-33-15-13-18-69-58-103(101-99-69)32-35-118-37-39-120-41-43-122-45-47-124-49-48-123-46-44-121-42-40-119-38-36-117-34-28-80(107)102-30-26-66(27-31-102)57-105-88-81(87(94)96-59-97-88)82(100-105)68-22-25-75-72(54-68)98-91(95)127-75/h9-11,16-17,22,25,51,54,58-60,62-63,65-67,70-71,73,76-79,84-85,109-110,114H,12-15,18-21,23-24,26-50,52-53,55-57,93H2,1-8H3,(H2,95,98)(H2,94,96,97)/b11-9?,16-10+,61-17?,64-51+/t60-,62-,63-,65-,67+,70+,71-,73+,76-,77+,78+,79-,84-,85+,92-/m1/s1. The van der Waals surface area contributed by atoms with Gasteiger partial charge in [-0.15, -0.1) is 5.10 Å². The van der Waals surface area contributed by atoms with E-state index in [1.165, 1.54) is 19.3 Å². The van der Waals surface area contributed by atoms with E-state index < -0.39 is 95.4 Å². The average molecular weight is 1800 g/mol. The Bertz CT molecular complexity index is 4410. The number of esters is 1. The third-order valence-corrected chi connectivity index (χ3v) is 24.9. The van der Waals surface area contributed by atoms with Crippen LogP contribution in [-0.2, 0) is 110 Å². The number of ketones is 3. The molecule has 10 rings (SSSR count). The lowest BCUT2D eigenvalue weighted by atomic mass is 9.80. The number of oxazole rings is 1. The van der Waals surface area contributed by atoms with Gasteiger partial charge in [-0.25, -0.2) is 24.1 Å². The molecule has 36 nitrogen and oxygen atoms in total. The molecule has 128 heavy (non-hydrogen) atoms. The molecule has 5 aromatic rings. The van der Waals surface area contributed by atoms with Crippen LogP contribution in [0, 0.1) is 35.5 Å². The lowest BCUT2D eigenvalue weighted by Crippen LogP contribution is -2.61. The largest absolute Gasteiger partial charge is 0.459 e. The number of methoxy groups -OCH3 is 2. The first kappa shape index (κ1) is 102. The second-order valence-corrected chi connectivity index (χ2v) is 34.5. The number of ether oxygens (including phenoxy) is 13. The van der Waals surface area contributed by atoms with Gasteiger partial charge in [-0.05, 0) is 157 Å². The maximum Gasteiger partial charge on any atom is 0.329 e. The van der Waals surface area contributed by atoms with E-state index in [9.17, 15) is 44.1 Å². The van der Waals surface area contributed by atoms with E-state index in [0.29, 0.717) is 249 Å². The minimum Gasteiger partial charge on any atom is -0.459 e. The van der Waals surface area contributed by atoms with E-state index >= 15 is 0 Å². The van der Waals surface area contributed by atoms with Crippen molar-refractivity contribution in [1.82, 2.24) is 49.5 Å². The maximum atomic E-state index is 14.7. The van der Waals surface area contributed by atoms with Crippen LogP contribution in [-0.4, -0.2) is 307 Å². The number of aliphatic hydroxyl groups excluding tert-OH is 2. The first-order valence-electron chi connectivity index (χ1n) is 45.8. The van der Waals surface area contributed by atoms with Crippen LogP contribution >= 0.6 is 0 Å². The zero-order chi connectivity index (χ0) is 91.5. The van der Waals surface area contributed by atoms with Crippen LogP contribution in [0.1, 0.15) is 156 Å². The number of carbonyl (C=O) groups excluding carboxylic acids is 6. The van der Waals surface area contributed by atoms with Crippen LogP contribution < -0.4 is 17.2 Å². The molecule has 5 aliphatic rings. The van der Waals surface area contributed by atoms with Gasteiger partial charge in [0.2, 0.25) is 11.7 Å². The van der Waals surface area contributed by atoms with Crippen molar-refractivity contribution in [2.24, 2.45) is 41.2 Å². The van der Waals surface area contributed by atoms with Crippen LogP contribution in [0.2, 0.25) is 0 Å². The van der Waals surface area contributed by atoms with Gasteiger partial charge in [0.15, 0.2) is 17.0 Å². The number of Topliss-reactive ketones (excluding diaryl/α,β-unsaturated/α-hetero) is 3. The summed E-state index contributed by atoms with van der Waals surface area (Å²) < 4.78 is 85.1. The van der Waals surface area contributed by atoms with Gasteiger partial charge < -0.3 is 108 Å². The van der Waals surface area contributed by atoms with E-state index in [2.05, 4.69) is 25.3 Å². The Labute approximate surface area is 750 Å². The number of likely N-dealkylation sites (tertiary alicyclic amines) is 1. The highest BCUT2D eigenvalue weighted by molar-refractivity contribution is 6.39. The predicted octanol–water partition coefficient (Wildman–Crippen LogP) is 7.43. The van der Waals surface area contributed by atoms with Gasteiger partial charge in [0, 0.05) is 95.4 Å². The maximum absolute atomic E-state index is 14.7. The molecule has 1 aromatic carbocycles. The number of aryl methyl sites for hydroxylation is 1. The van der Waals surface area contributed by atoms with Crippen molar-refractivity contribution >= 4 is 69.1 Å². The molecule has 1 saturated carbocycles. The number of benzene rings is 1. The number of anilines is 2. The number of carbonyl (C=O) groups is 6. The monoisotopic (exact) mass is 1790 g/mol. The number of aromatic nitrogens is 8. The van der Waals surface area contributed by atoms with E-state index in [0.717, 1.165) is 47.4 Å². The number of allylic oxidation sites excluding steroid dienone is 6. The van der Waals surface area contributed by atoms with Crippen LogP contribution in [0.4, 0.5) is 11.8 Å². The predicted molar refractivity (Wildman–Crippen MR) is 473 cm³/mol. The average Bonchev–Trinajstić information content (AvgIpc) is 1.55. The Kier molecular flexibility index (Phi) is 41.9. The zero-order valence-electron chi connectivity index (χ0n) is 76.0. The number of nitrogens with two attached hydrogens (primary N) is 3. The van der Waals surface area contributed by atoms with Crippen LogP contribution in [0.15, 0.2) is 82.7 Å². The molecule has 710 valence electrons. The van der Waals surface area contributed by atoms with Gasteiger partial charge in [-0.3, -0.25) is 24.0 Å². The summed E-state index contributed by atoms with van der Waals surface area (Å²) in [6, 6.07) is 3.51. The van der Waals surface area contributed by atoms with Crippen molar-refractivity contribution in [3.8, 4) is 11.3 Å². The first-order valence-corrected chi connectivity index (χ1v) is 45.8. The van der Waals surface area contributed by atoms with Crippen molar-refractivity contribution in [3.05, 3.63) is 84.0 Å². The molecular formula is C92H139N13O23. The fraction of sp³-hybridized carbons (Fsp3) is 0.696. The van der Waals surface area contributed by atoms with Gasteiger partial charge in [0.25, 0.3) is 17.7 Å². The number of unbranched alkanes of at least 4 members (excludes halogenated alkanes) is 1. The van der Waals surface area contributed by atoms with Gasteiger partial charge in [-0.1, -0.05) is 69.4 Å². The highest BCUT2D eigenvalue weighted by Crippen LogP contribution is 2.39. The van der Waals surface area contributed by atoms with Crippen LogP contribution in [0.3, 0.4) is 0 Å². The van der Waals surface area contributed by atoms with E-state index in [-0.39, 0.29) is 67.3 Å². The fourth-order valence-electron chi connectivity index (χ4n) is 17.2. The minimum absolute atomic E-state index is 0.0259. The van der Waals surface area contributed by atoms with Gasteiger partial charge in [-0.2, -0.15) is 10.1 Å². The number of amides is 2. The molecule has 9 N–H and O–H groups in total. The number of rotatable bonds is 41. The minimum atomic E-state index is -2.49. The van der Waals surface area contributed by atoms with Crippen molar-refractivity contribution in [1.29, 1.82) is 0 Å². The third kappa shape index (κ3) is 30.7. The molecule has 4 aliphatic heterocycles. The normalized spacial score (nSPS) is 26.7. The summed E-state index contributed by atoms with van der Waals surface area (Å²) >= 11 is 0. The van der Waals surface area contributed by atoms with E-state index in [4.69, 9.17) is 88.3 Å². The number of piperidine rings is 2. The second kappa shape index (κ2) is 52.7. The summed E-state index contributed by atoms with van der Waals surface area (Å²) in [5.41, 5.74) is 24.4. The molecule has 36 heteroatoms. The number of nitrogens with zero attached hydrogens (tertiary/aromatic N) is 10. The Morgan fingerprint density at radius 1 is 0.695 bits per heavy atom. The van der Waals surface area contributed by atoms with Gasteiger partial charge in [0.05, 0.1) is 154 Å². The molecule has 0 spiro atoms. The highest BCUT2D eigenvalue weighted by atomic mass is 16.6. The Balaban J connectivity index is 0.538. The van der Waals surface area contributed by atoms with Gasteiger partial charge >= 0.3 is 5.97 Å². The Morgan fingerprint density at radius 3 is 2.04 bits per heavy atom. The van der Waals surface area contributed by atoms with Crippen molar-refractivity contribution in [2.75, 3.05) is 158 Å². The number of cyclic esters (lactones) is 1. The van der Waals surface area contributed by atoms with Crippen LogP contribution in [0.5, 0.6) is 0 Å². The van der Waals surface area contributed by atoms with E-state index in [1.807, 2.05) is 72.1 Å². The molecule has 3 saturated heterocycles. The Hall–Kier alpha value is -8.28. The number of hydrogen-bond acceptors (Lipinski definition) is 32. The number of fused-ring (bicyclic) bond motifs is 5. The van der Waals surface area contributed by atoms with Gasteiger partial charge in [0.1, 0.15) is 53.5 Å². The molecule has 2 bridgehead atoms. The third-order valence-electron chi connectivity index (χ3n) is 24.9. The first-order chi connectivity index (χ1) is 61.8. The summed E-state index contributed by atoms with van der Waals surface area (Å²) in [6.45, 7) is 20.0. The molecule has 1 aliphatic carbocycles. The zero-order valence-corrected chi connectivity index (χ0v) is 76.0. The van der Waals surface area contributed by atoms with Crippen molar-refractivity contribution < 1.29 is 110 Å². The topological polar surface area (TPSA) is 468 Å². The van der Waals surface area contributed by atoms with E-state index in [1.54, 1.807) is 45.7 Å². The Morgan fingerprint density at radius 2 is 1.37 bits per heavy atom. The molecule has 0 radical (unpaired) electrons. The lowest BCUT2D eigenvalue weighted by Gasteiger charge is -2.42. The lowest BCUT2D eigenvalue weighted by molar-refractivity contribution is -0.265. The molecule has 15 atom stereocenters. The number of aliphatic hydroxyl groups is 3. The number of hydrogen-bond donors (Lipinski definition) is 6. The summed E-state index contributed by atoms with van der Waals surface area (Å²) in [5.74, 6) is -8.19. The second-order valence-electron chi connectivity index (χ2n) is 34.5.